The summed E-state index contributed by atoms with van der Waals surface area (Å²) in [5.74, 6) is 0.297. The maximum atomic E-state index is 12.5. The minimum Gasteiger partial charge on any atom is -0.484 e. The first-order valence-electron chi connectivity index (χ1n) is 9.04. The molecule has 1 fully saturated rings. The van der Waals surface area contributed by atoms with Crippen LogP contribution in [0, 0.1) is 6.92 Å². The summed E-state index contributed by atoms with van der Waals surface area (Å²) in [6.07, 6.45) is 4.34. The molecule has 7 heteroatoms. The monoisotopic (exact) mass is 388 g/mol. The Labute approximate surface area is 160 Å². The molecule has 0 aromatic heterocycles. The Bertz CT molecular complexity index is 888. The lowest BCUT2D eigenvalue weighted by Crippen LogP contribution is -2.36. The number of carbonyl (C=O) groups is 1. The average molecular weight is 388 g/mol. The number of carbonyl (C=O) groups excluding carboxylic acids is 1. The number of sulfonamides is 1. The zero-order valence-electron chi connectivity index (χ0n) is 15.3. The number of nitrogens with one attached hydrogen (secondary N) is 2. The van der Waals surface area contributed by atoms with Gasteiger partial charge in [0.1, 0.15) is 5.75 Å². The van der Waals surface area contributed by atoms with Crippen LogP contribution < -0.4 is 14.8 Å². The molecule has 144 valence electrons. The highest BCUT2D eigenvalue weighted by Gasteiger charge is 2.17. The standard InChI is InChI=1S/C20H24N2O4S/c1-15-5-4-8-17(13-15)22-27(24,25)19-11-9-18(10-12-19)26-14-20(23)21-16-6-2-3-7-16/h4-5,8-13,16,22H,2-3,6-7,14H2,1H3,(H,21,23). The van der Waals surface area contributed by atoms with E-state index in [1.165, 1.54) is 12.1 Å². The zero-order valence-corrected chi connectivity index (χ0v) is 16.1. The second kappa shape index (κ2) is 8.43. The Hall–Kier alpha value is -2.54. The van der Waals surface area contributed by atoms with Crippen molar-refractivity contribution in [2.45, 2.75) is 43.5 Å². The van der Waals surface area contributed by atoms with Crippen molar-refractivity contribution >= 4 is 21.6 Å². The van der Waals surface area contributed by atoms with E-state index >= 15 is 0 Å². The van der Waals surface area contributed by atoms with Gasteiger partial charge in [-0.15, -0.1) is 0 Å². The lowest BCUT2D eigenvalue weighted by molar-refractivity contribution is -0.123. The number of ether oxygens (including phenoxy) is 1. The van der Waals surface area contributed by atoms with Gasteiger partial charge in [-0.2, -0.15) is 0 Å². The molecule has 1 amide bonds. The summed E-state index contributed by atoms with van der Waals surface area (Å²) in [5.41, 5.74) is 1.48. The number of rotatable bonds is 7. The maximum Gasteiger partial charge on any atom is 0.261 e. The Morgan fingerprint density at radius 3 is 2.48 bits per heavy atom. The molecular weight excluding hydrogens is 364 g/mol. The molecule has 6 nitrogen and oxygen atoms in total. The van der Waals surface area contributed by atoms with Gasteiger partial charge < -0.3 is 10.1 Å². The summed E-state index contributed by atoms with van der Waals surface area (Å²) in [4.78, 5) is 12.0. The van der Waals surface area contributed by atoms with E-state index in [1.54, 1.807) is 30.3 Å². The number of hydrogen-bond acceptors (Lipinski definition) is 4. The highest BCUT2D eigenvalue weighted by Crippen LogP contribution is 2.20. The van der Waals surface area contributed by atoms with Crippen LogP contribution in [0.3, 0.4) is 0 Å². The summed E-state index contributed by atoms with van der Waals surface area (Å²) in [6, 6.07) is 13.4. The number of benzene rings is 2. The van der Waals surface area contributed by atoms with Crippen LogP contribution in [0.1, 0.15) is 31.2 Å². The van der Waals surface area contributed by atoms with Crippen molar-refractivity contribution in [1.82, 2.24) is 5.32 Å². The fourth-order valence-corrected chi connectivity index (χ4v) is 4.18. The molecular formula is C20H24N2O4S. The fraction of sp³-hybridized carbons (Fsp3) is 0.350. The van der Waals surface area contributed by atoms with Crippen molar-refractivity contribution in [2.24, 2.45) is 0 Å². The van der Waals surface area contributed by atoms with Crippen molar-refractivity contribution in [1.29, 1.82) is 0 Å². The third-order valence-corrected chi connectivity index (χ3v) is 5.89. The van der Waals surface area contributed by atoms with Gasteiger partial charge in [0.15, 0.2) is 6.61 Å². The Morgan fingerprint density at radius 2 is 1.81 bits per heavy atom. The molecule has 0 atom stereocenters. The van der Waals surface area contributed by atoms with Gasteiger partial charge in [0.25, 0.3) is 15.9 Å². The van der Waals surface area contributed by atoms with Crippen LogP contribution in [0.15, 0.2) is 53.4 Å². The molecule has 0 bridgehead atoms. The highest BCUT2D eigenvalue weighted by atomic mass is 32.2. The molecule has 0 unspecified atom stereocenters. The molecule has 0 saturated heterocycles. The fourth-order valence-electron chi connectivity index (χ4n) is 3.13. The summed E-state index contributed by atoms with van der Waals surface area (Å²) in [6.45, 7) is 1.82. The van der Waals surface area contributed by atoms with E-state index < -0.39 is 10.0 Å². The van der Waals surface area contributed by atoms with E-state index in [-0.39, 0.29) is 23.5 Å². The van der Waals surface area contributed by atoms with Gasteiger partial charge in [-0.05, 0) is 61.7 Å². The predicted molar refractivity (Wildman–Crippen MR) is 104 cm³/mol. The van der Waals surface area contributed by atoms with Gasteiger partial charge >= 0.3 is 0 Å². The van der Waals surface area contributed by atoms with Gasteiger partial charge in [0, 0.05) is 11.7 Å². The van der Waals surface area contributed by atoms with Crippen molar-refractivity contribution in [3.63, 3.8) is 0 Å². The SMILES string of the molecule is Cc1cccc(NS(=O)(=O)c2ccc(OCC(=O)NC3CCCC3)cc2)c1. The van der Waals surface area contributed by atoms with Crippen molar-refractivity contribution in [3.8, 4) is 5.75 Å². The van der Waals surface area contributed by atoms with E-state index in [0.29, 0.717) is 11.4 Å². The summed E-state index contributed by atoms with van der Waals surface area (Å²) in [5, 5.41) is 2.95. The largest absolute Gasteiger partial charge is 0.484 e. The smallest absolute Gasteiger partial charge is 0.261 e. The average Bonchev–Trinajstić information content (AvgIpc) is 3.13. The number of anilines is 1. The van der Waals surface area contributed by atoms with Crippen LogP contribution in [0.5, 0.6) is 5.75 Å². The van der Waals surface area contributed by atoms with Crippen molar-refractivity contribution in [3.05, 3.63) is 54.1 Å². The Kier molecular flexibility index (Phi) is 6.01. The molecule has 0 radical (unpaired) electrons. The summed E-state index contributed by atoms with van der Waals surface area (Å²) < 4.78 is 32.9. The van der Waals surface area contributed by atoms with E-state index in [4.69, 9.17) is 4.74 Å². The Balaban J connectivity index is 1.56. The molecule has 1 aliphatic carbocycles. The molecule has 27 heavy (non-hydrogen) atoms. The molecule has 0 spiro atoms. The molecule has 2 aromatic rings. The lowest BCUT2D eigenvalue weighted by atomic mass is 10.2. The minimum atomic E-state index is -3.68. The zero-order chi connectivity index (χ0) is 19.3. The second-order valence-electron chi connectivity index (χ2n) is 6.78. The minimum absolute atomic E-state index is 0.0792. The highest BCUT2D eigenvalue weighted by molar-refractivity contribution is 7.92. The third kappa shape index (κ3) is 5.47. The maximum absolute atomic E-state index is 12.5. The van der Waals surface area contributed by atoms with Crippen molar-refractivity contribution in [2.75, 3.05) is 11.3 Å². The topological polar surface area (TPSA) is 84.5 Å². The normalized spacial score (nSPS) is 14.7. The summed E-state index contributed by atoms with van der Waals surface area (Å²) in [7, 11) is -3.68. The van der Waals surface area contributed by atoms with Crippen molar-refractivity contribution < 1.29 is 17.9 Å². The molecule has 0 heterocycles. The first kappa shape index (κ1) is 19.2. The van der Waals surface area contributed by atoms with Gasteiger partial charge in [-0.1, -0.05) is 25.0 Å². The molecule has 1 aliphatic rings. The van der Waals surface area contributed by atoms with E-state index in [2.05, 4.69) is 10.0 Å². The van der Waals surface area contributed by atoms with Crippen LogP contribution >= 0.6 is 0 Å². The molecule has 3 rings (SSSR count). The lowest BCUT2D eigenvalue weighted by Gasteiger charge is -2.13. The molecule has 2 aromatic carbocycles. The predicted octanol–water partition coefficient (Wildman–Crippen LogP) is 3.23. The summed E-state index contributed by atoms with van der Waals surface area (Å²) >= 11 is 0. The molecule has 0 aliphatic heterocycles. The quantitative estimate of drug-likeness (QED) is 0.763. The van der Waals surface area contributed by atoms with Crippen LogP contribution in [0.4, 0.5) is 5.69 Å². The number of amides is 1. The van der Waals surface area contributed by atoms with Crippen LogP contribution in [-0.2, 0) is 14.8 Å². The van der Waals surface area contributed by atoms with E-state index in [1.807, 2.05) is 13.0 Å². The van der Waals surface area contributed by atoms with Gasteiger partial charge in [-0.3, -0.25) is 9.52 Å². The molecule has 1 saturated carbocycles. The van der Waals surface area contributed by atoms with Crippen LogP contribution in [-0.4, -0.2) is 27.0 Å². The van der Waals surface area contributed by atoms with E-state index in [9.17, 15) is 13.2 Å². The number of aryl methyl sites for hydroxylation is 1. The number of hydrogen-bond donors (Lipinski definition) is 2. The Morgan fingerprint density at radius 1 is 1.11 bits per heavy atom. The second-order valence-corrected chi connectivity index (χ2v) is 8.47. The molecule has 2 N–H and O–H groups in total. The first-order valence-corrected chi connectivity index (χ1v) is 10.5. The van der Waals surface area contributed by atoms with E-state index in [0.717, 1.165) is 31.2 Å². The van der Waals surface area contributed by atoms with Crippen LogP contribution in [0.25, 0.3) is 0 Å². The van der Waals surface area contributed by atoms with Gasteiger partial charge in [-0.25, -0.2) is 8.42 Å². The first-order chi connectivity index (χ1) is 12.9. The van der Waals surface area contributed by atoms with Gasteiger partial charge in [0.05, 0.1) is 4.90 Å². The van der Waals surface area contributed by atoms with Gasteiger partial charge in [0.2, 0.25) is 0 Å². The van der Waals surface area contributed by atoms with Crippen LogP contribution in [0.2, 0.25) is 0 Å². The third-order valence-electron chi connectivity index (χ3n) is 4.49.